The molecule has 0 aliphatic carbocycles. The third kappa shape index (κ3) is 4.93. The van der Waals surface area contributed by atoms with Crippen LogP contribution in [0.5, 0.6) is 0 Å². The van der Waals surface area contributed by atoms with Crippen molar-refractivity contribution >= 4 is 23.4 Å². The molecule has 1 heterocycles. The summed E-state index contributed by atoms with van der Waals surface area (Å²) in [7, 11) is 0. The lowest BCUT2D eigenvalue weighted by Gasteiger charge is -2.08. The van der Waals surface area contributed by atoms with Crippen LogP contribution < -0.4 is 5.32 Å². The maximum atomic E-state index is 12.3. The highest BCUT2D eigenvalue weighted by molar-refractivity contribution is 7.99. The number of anilines is 1. The van der Waals surface area contributed by atoms with Crippen LogP contribution in [0.2, 0.25) is 0 Å². The van der Waals surface area contributed by atoms with Crippen LogP contribution in [0.15, 0.2) is 82.6 Å². The molecule has 1 aromatic heterocycles. The first-order chi connectivity index (χ1) is 14.6. The van der Waals surface area contributed by atoms with Gasteiger partial charge in [-0.25, -0.2) is 0 Å². The van der Waals surface area contributed by atoms with Gasteiger partial charge in [-0.15, -0.1) is 10.2 Å². The number of aromatic nitrogens is 4. The monoisotopic (exact) mass is 415 g/mol. The summed E-state index contributed by atoms with van der Waals surface area (Å²) in [5.74, 6) is 0.290. The largest absolute Gasteiger partial charge is 0.324 e. The Bertz CT molecular complexity index is 1160. The molecule has 0 unspecified atom stereocenters. The molecule has 1 amide bonds. The molecular formula is C23H21N5OS. The van der Waals surface area contributed by atoms with Crippen molar-refractivity contribution in [3.05, 3.63) is 83.9 Å². The standard InChI is InChI=1S/C23H21N5OS/c1-16-8-9-17(2)21(14-16)30-20-12-10-19(11-13-20)24-22(29)15-28-26-23(25-27-28)18-6-4-3-5-7-18/h3-14H,15H2,1-2H3,(H,24,29). The Balaban J connectivity index is 1.36. The molecule has 0 saturated heterocycles. The summed E-state index contributed by atoms with van der Waals surface area (Å²) < 4.78 is 0. The highest BCUT2D eigenvalue weighted by atomic mass is 32.2. The Morgan fingerprint density at radius 1 is 1.00 bits per heavy atom. The van der Waals surface area contributed by atoms with E-state index in [1.54, 1.807) is 11.8 Å². The summed E-state index contributed by atoms with van der Waals surface area (Å²) in [4.78, 5) is 16.0. The number of tetrazole rings is 1. The molecule has 7 heteroatoms. The van der Waals surface area contributed by atoms with E-state index in [4.69, 9.17) is 0 Å². The second-order valence-corrected chi connectivity index (χ2v) is 8.07. The molecule has 0 bridgehead atoms. The van der Waals surface area contributed by atoms with Crippen molar-refractivity contribution in [1.29, 1.82) is 0 Å². The minimum absolute atomic E-state index is 0.00117. The summed E-state index contributed by atoms with van der Waals surface area (Å²) in [6.45, 7) is 4.20. The highest BCUT2D eigenvalue weighted by Crippen LogP contribution is 2.31. The van der Waals surface area contributed by atoms with E-state index >= 15 is 0 Å². The van der Waals surface area contributed by atoms with Crippen LogP contribution in [0, 0.1) is 13.8 Å². The fourth-order valence-electron chi connectivity index (χ4n) is 2.89. The quantitative estimate of drug-likeness (QED) is 0.492. The van der Waals surface area contributed by atoms with Crippen LogP contribution in [0.25, 0.3) is 11.4 Å². The normalized spacial score (nSPS) is 10.7. The fourth-order valence-corrected chi connectivity index (χ4v) is 3.89. The minimum atomic E-state index is -0.207. The third-order valence-electron chi connectivity index (χ3n) is 4.48. The first-order valence-electron chi connectivity index (χ1n) is 9.55. The first-order valence-corrected chi connectivity index (χ1v) is 10.4. The molecule has 0 spiro atoms. The van der Waals surface area contributed by atoms with Gasteiger partial charge in [0.2, 0.25) is 11.7 Å². The summed E-state index contributed by atoms with van der Waals surface area (Å²) in [6, 6.07) is 23.8. The summed E-state index contributed by atoms with van der Waals surface area (Å²) >= 11 is 1.71. The smallest absolute Gasteiger partial charge is 0.248 e. The highest BCUT2D eigenvalue weighted by Gasteiger charge is 2.10. The van der Waals surface area contributed by atoms with Crippen molar-refractivity contribution in [2.24, 2.45) is 0 Å². The summed E-state index contributed by atoms with van der Waals surface area (Å²) in [6.07, 6.45) is 0. The second kappa shape index (κ2) is 8.92. The van der Waals surface area contributed by atoms with Crippen molar-refractivity contribution in [2.45, 2.75) is 30.2 Å². The maximum Gasteiger partial charge on any atom is 0.248 e. The zero-order chi connectivity index (χ0) is 20.9. The summed E-state index contributed by atoms with van der Waals surface area (Å²) in [5.41, 5.74) is 4.08. The molecule has 4 aromatic rings. The predicted molar refractivity (Wildman–Crippen MR) is 118 cm³/mol. The molecule has 0 aliphatic heterocycles. The van der Waals surface area contributed by atoms with Crippen molar-refractivity contribution < 1.29 is 4.79 Å². The molecule has 150 valence electrons. The van der Waals surface area contributed by atoms with Crippen molar-refractivity contribution in [3.63, 3.8) is 0 Å². The number of amides is 1. The SMILES string of the molecule is Cc1ccc(C)c(Sc2ccc(NC(=O)Cn3nnc(-c4ccccc4)n3)cc2)c1. The molecule has 4 rings (SSSR count). The first kappa shape index (κ1) is 19.8. The van der Waals surface area contributed by atoms with Crippen molar-refractivity contribution in [3.8, 4) is 11.4 Å². The predicted octanol–water partition coefficient (Wildman–Crippen LogP) is 4.75. The molecule has 0 aliphatic rings. The molecule has 3 aromatic carbocycles. The molecule has 6 nitrogen and oxygen atoms in total. The fraction of sp³-hybridized carbons (Fsp3) is 0.130. The van der Waals surface area contributed by atoms with Crippen molar-refractivity contribution in [2.75, 3.05) is 5.32 Å². The average molecular weight is 416 g/mol. The number of aryl methyl sites for hydroxylation is 2. The third-order valence-corrected chi connectivity index (χ3v) is 5.65. The topological polar surface area (TPSA) is 72.7 Å². The van der Waals surface area contributed by atoms with Gasteiger partial charge in [-0.3, -0.25) is 4.79 Å². The lowest BCUT2D eigenvalue weighted by molar-refractivity contribution is -0.117. The molecule has 0 radical (unpaired) electrons. The van der Waals surface area contributed by atoms with Crippen LogP contribution in [0.1, 0.15) is 11.1 Å². The van der Waals surface area contributed by atoms with Crippen LogP contribution in [-0.2, 0) is 11.3 Å². The zero-order valence-electron chi connectivity index (χ0n) is 16.7. The lowest BCUT2D eigenvalue weighted by atomic mass is 10.2. The van der Waals surface area contributed by atoms with E-state index in [9.17, 15) is 4.79 Å². The molecule has 1 N–H and O–H groups in total. The van der Waals surface area contributed by atoms with E-state index in [1.165, 1.54) is 20.8 Å². The number of carbonyl (C=O) groups excluding carboxylic acids is 1. The number of nitrogens with zero attached hydrogens (tertiary/aromatic N) is 4. The van der Waals surface area contributed by atoms with Crippen molar-refractivity contribution in [1.82, 2.24) is 20.2 Å². The number of hydrogen-bond acceptors (Lipinski definition) is 5. The number of benzene rings is 3. The Labute approximate surface area is 179 Å². The van der Waals surface area contributed by atoms with Gasteiger partial charge in [-0.1, -0.05) is 54.2 Å². The van der Waals surface area contributed by atoms with E-state index in [1.807, 2.05) is 54.6 Å². The van der Waals surface area contributed by atoms with Gasteiger partial charge < -0.3 is 5.32 Å². The zero-order valence-corrected chi connectivity index (χ0v) is 17.6. The van der Waals surface area contributed by atoms with E-state index in [-0.39, 0.29) is 12.5 Å². The lowest BCUT2D eigenvalue weighted by Crippen LogP contribution is -2.20. The molecular weight excluding hydrogens is 394 g/mol. The molecule has 0 saturated carbocycles. The number of nitrogens with one attached hydrogen (secondary N) is 1. The average Bonchev–Trinajstić information content (AvgIpc) is 3.21. The molecule has 30 heavy (non-hydrogen) atoms. The number of rotatable bonds is 6. The van der Waals surface area contributed by atoms with Crippen LogP contribution >= 0.6 is 11.8 Å². The van der Waals surface area contributed by atoms with Crippen LogP contribution in [-0.4, -0.2) is 26.1 Å². The summed E-state index contributed by atoms with van der Waals surface area (Å²) in [5, 5.41) is 15.1. The Morgan fingerprint density at radius 3 is 2.53 bits per heavy atom. The number of hydrogen-bond donors (Lipinski definition) is 1. The van der Waals surface area contributed by atoms with E-state index in [0.717, 1.165) is 16.1 Å². The van der Waals surface area contributed by atoms with Gasteiger partial charge in [0.1, 0.15) is 6.54 Å². The van der Waals surface area contributed by atoms with E-state index in [0.29, 0.717) is 5.82 Å². The van der Waals surface area contributed by atoms with Crippen LogP contribution in [0.4, 0.5) is 5.69 Å². The Morgan fingerprint density at radius 2 is 1.77 bits per heavy atom. The van der Waals surface area contributed by atoms with E-state index < -0.39 is 0 Å². The van der Waals surface area contributed by atoms with E-state index in [2.05, 4.69) is 52.8 Å². The van der Waals surface area contributed by atoms with Crippen LogP contribution in [0.3, 0.4) is 0 Å². The molecule has 0 fully saturated rings. The van der Waals surface area contributed by atoms with Gasteiger partial charge in [0.25, 0.3) is 0 Å². The molecule has 0 atom stereocenters. The van der Waals surface area contributed by atoms with Gasteiger partial charge >= 0.3 is 0 Å². The van der Waals surface area contributed by atoms with Gasteiger partial charge in [0, 0.05) is 21.0 Å². The number of carbonyl (C=O) groups is 1. The Hall–Kier alpha value is -3.45. The van der Waals surface area contributed by atoms with Gasteiger partial charge in [-0.05, 0) is 60.5 Å². The Kier molecular flexibility index (Phi) is 5.90. The minimum Gasteiger partial charge on any atom is -0.324 e. The van der Waals surface area contributed by atoms with Gasteiger partial charge in [0.15, 0.2) is 0 Å². The van der Waals surface area contributed by atoms with Gasteiger partial charge in [-0.2, -0.15) is 4.80 Å². The van der Waals surface area contributed by atoms with Gasteiger partial charge in [0.05, 0.1) is 0 Å². The second-order valence-electron chi connectivity index (χ2n) is 6.95. The maximum absolute atomic E-state index is 12.3.